The minimum atomic E-state index is -0.322. The fraction of sp³-hybridized carbons (Fsp3) is 0.650. The molecule has 2 fully saturated rings. The third kappa shape index (κ3) is 4.08. The largest absolute Gasteiger partial charge is 0.383 e. The second-order valence-electron chi connectivity index (χ2n) is 7.98. The number of nitrogens with zero attached hydrogens (tertiary/aromatic N) is 2. The van der Waals surface area contributed by atoms with Crippen molar-refractivity contribution in [2.75, 3.05) is 39.9 Å². The molecule has 1 aromatic heterocycles. The number of aromatic nitrogens is 1. The van der Waals surface area contributed by atoms with Gasteiger partial charge in [0.1, 0.15) is 5.56 Å². The van der Waals surface area contributed by atoms with Gasteiger partial charge in [0, 0.05) is 50.8 Å². The molecule has 148 valence electrons. The SMILES string of the molecule is COCCN1C[C@@]2(CCCN(C(=O)c3c(C)cc(C)[nH]c3=O)C2)CCC1=O. The Kier molecular flexibility index (Phi) is 5.69. The van der Waals surface area contributed by atoms with Gasteiger partial charge in [-0.3, -0.25) is 14.4 Å². The number of nitrogens with one attached hydrogen (secondary N) is 1. The summed E-state index contributed by atoms with van der Waals surface area (Å²) in [5.74, 6) is -0.0416. The van der Waals surface area contributed by atoms with Gasteiger partial charge in [-0.1, -0.05) is 0 Å². The molecule has 2 aliphatic heterocycles. The van der Waals surface area contributed by atoms with E-state index in [1.165, 1.54) is 0 Å². The lowest BCUT2D eigenvalue weighted by Gasteiger charge is -2.48. The number of H-pyrrole nitrogens is 1. The summed E-state index contributed by atoms with van der Waals surface area (Å²) in [6.07, 6.45) is 3.19. The number of ether oxygens (including phenoxy) is 1. The van der Waals surface area contributed by atoms with Crippen molar-refractivity contribution in [1.29, 1.82) is 0 Å². The van der Waals surface area contributed by atoms with Crippen molar-refractivity contribution in [2.45, 2.75) is 39.5 Å². The van der Waals surface area contributed by atoms with Crippen molar-refractivity contribution >= 4 is 11.8 Å². The number of likely N-dealkylation sites (tertiary alicyclic amines) is 2. The van der Waals surface area contributed by atoms with Gasteiger partial charge in [-0.05, 0) is 44.7 Å². The topological polar surface area (TPSA) is 82.7 Å². The van der Waals surface area contributed by atoms with Crippen LogP contribution < -0.4 is 5.56 Å². The lowest BCUT2D eigenvalue weighted by atomic mass is 9.73. The molecule has 7 nitrogen and oxygen atoms in total. The molecule has 0 aromatic carbocycles. The molecule has 0 radical (unpaired) electrons. The fourth-order valence-corrected chi connectivity index (χ4v) is 4.50. The highest BCUT2D eigenvalue weighted by Gasteiger charge is 2.43. The summed E-state index contributed by atoms with van der Waals surface area (Å²) in [5, 5.41) is 0. The maximum atomic E-state index is 13.1. The maximum absolute atomic E-state index is 13.1. The molecule has 1 spiro atoms. The van der Waals surface area contributed by atoms with E-state index in [9.17, 15) is 14.4 Å². The molecule has 2 saturated heterocycles. The van der Waals surface area contributed by atoms with E-state index in [0.29, 0.717) is 44.8 Å². The monoisotopic (exact) mass is 375 g/mol. The summed E-state index contributed by atoms with van der Waals surface area (Å²) in [4.78, 5) is 44.1. The van der Waals surface area contributed by atoms with Crippen LogP contribution in [0.4, 0.5) is 0 Å². The molecule has 0 saturated carbocycles. The summed E-state index contributed by atoms with van der Waals surface area (Å²) in [6.45, 7) is 6.62. The first-order valence-corrected chi connectivity index (χ1v) is 9.62. The Morgan fingerprint density at radius 3 is 2.74 bits per heavy atom. The van der Waals surface area contributed by atoms with Crippen LogP contribution >= 0.6 is 0 Å². The van der Waals surface area contributed by atoms with Crippen molar-refractivity contribution in [3.05, 3.63) is 33.2 Å². The van der Waals surface area contributed by atoms with Gasteiger partial charge in [-0.15, -0.1) is 0 Å². The lowest BCUT2D eigenvalue weighted by Crippen LogP contribution is -2.55. The molecule has 1 atom stereocenters. The van der Waals surface area contributed by atoms with E-state index >= 15 is 0 Å². The van der Waals surface area contributed by atoms with E-state index in [1.807, 2.05) is 17.9 Å². The number of piperidine rings is 2. The van der Waals surface area contributed by atoms with Gasteiger partial charge in [0.25, 0.3) is 11.5 Å². The predicted molar refractivity (Wildman–Crippen MR) is 102 cm³/mol. The standard InChI is InChI=1S/C20H29N3O4/c1-14-11-15(2)21-18(25)17(14)19(26)23-8-4-6-20(13-23)7-5-16(24)22(12-20)9-10-27-3/h11H,4-10,12-13H2,1-3H3,(H,21,25)/t20-/m1/s1. The first kappa shape index (κ1) is 19.6. The zero-order valence-corrected chi connectivity index (χ0v) is 16.5. The summed E-state index contributed by atoms with van der Waals surface area (Å²) in [6, 6.07) is 1.83. The van der Waals surface area contributed by atoms with Crippen LogP contribution in [-0.4, -0.2) is 66.5 Å². The number of hydrogen-bond acceptors (Lipinski definition) is 4. The number of pyridine rings is 1. The molecule has 27 heavy (non-hydrogen) atoms. The van der Waals surface area contributed by atoms with Gasteiger partial charge in [-0.25, -0.2) is 0 Å². The number of aryl methyl sites for hydroxylation is 2. The Bertz CT molecular complexity index is 788. The Morgan fingerprint density at radius 1 is 1.26 bits per heavy atom. The molecule has 2 amide bonds. The van der Waals surface area contributed by atoms with Gasteiger partial charge in [0.05, 0.1) is 6.61 Å². The molecule has 1 N–H and O–H groups in total. The van der Waals surface area contributed by atoms with E-state index in [1.54, 1.807) is 18.9 Å². The van der Waals surface area contributed by atoms with E-state index in [4.69, 9.17) is 4.74 Å². The molecule has 7 heteroatoms. The molecule has 1 aromatic rings. The molecule has 3 heterocycles. The fourth-order valence-electron chi connectivity index (χ4n) is 4.50. The second kappa shape index (κ2) is 7.84. The van der Waals surface area contributed by atoms with E-state index in [-0.39, 0.29) is 28.4 Å². The first-order chi connectivity index (χ1) is 12.8. The zero-order valence-electron chi connectivity index (χ0n) is 16.5. The molecular weight excluding hydrogens is 346 g/mol. The number of hydrogen-bond donors (Lipinski definition) is 1. The van der Waals surface area contributed by atoms with Gasteiger partial charge in [-0.2, -0.15) is 0 Å². The van der Waals surface area contributed by atoms with Crippen molar-refractivity contribution in [1.82, 2.24) is 14.8 Å². The maximum Gasteiger partial charge on any atom is 0.261 e. The van der Waals surface area contributed by atoms with Gasteiger partial charge in [0.2, 0.25) is 5.91 Å². The van der Waals surface area contributed by atoms with Crippen molar-refractivity contribution in [3.63, 3.8) is 0 Å². The van der Waals surface area contributed by atoms with Crippen LogP contribution in [0.1, 0.15) is 47.3 Å². The Hall–Kier alpha value is -2.15. The first-order valence-electron chi connectivity index (χ1n) is 9.62. The third-order valence-corrected chi connectivity index (χ3v) is 5.84. The predicted octanol–water partition coefficient (Wildman–Crippen LogP) is 1.48. The lowest BCUT2D eigenvalue weighted by molar-refractivity contribution is -0.139. The highest BCUT2D eigenvalue weighted by molar-refractivity contribution is 5.95. The number of aromatic amines is 1. The molecule has 3 rings (SSSR count). The molecule has 0 aliphatic carbocycles. The van der Waals surface area contributed by atoms with Crippen LogP contribution in [0.15, 0.2) is 10.9 Å². The average molecular weight is 375 g/mol. The van der Waals surface area contributed by atoms with E-state index < -0.39 is 0 Å². The van der Waals surface area contributed by atoms with Crippen LogP contribution in [0.3, 0.4) is 0 Å². The average Bonchev–Trinajstić information content (AvgIpc) is 2.62. The minimum Gasteiger partial charge on any atom is -0.383 e. The highest BCUT2D eigenvalue weighted by atomic mass is 16.5. The number of amides is 2. The van der Waals surface area contributed by atoms with Crippen LogP contribution in [-0.2, 0) is 9.53 Å². The second-order valence-corrected chi connectivity index (χ2v) is 7.98. The molecule has 0 unspecified atom stereocenters. The quantitative estimate of drug-likeness (QED) is 0.864. The Morgan fingerprint density at radius 2 is 2.04 bits per heavy atom. The van der Waals surface area contributed by atoms with Gasteiger partial charge in [0.15, 0.2) is 0 Å². The number of carbonyl (C=O) groups is 2. The summed E-state index contributed by atoms with van der Waals surface area (Å²) < 4.78 is 5.13. The van der Waals surface area contributed by atoms with Crippen LogP contribution in [0.5, 0.6) is 0 Å². The zero-order chi connectivity index (χ0) is 19.6. The normalized spacial score (nSPS) is 23.1. The van der Waals surface area contributed by atoms with E-state index in [0.717, 1.165) is 25.0 Å². The van der Waals surface area contributed by atoms with E-state index in [2.05, 4.69) is 4.98 Å². The van der Waals surface area contributed by atoms with Gasteiger partial charge < -0.3 is 19.5 Å². The minimum absolute atomic E-state index is 0.0824. The summed E-state index contributed by atoms with van der Waals surface area (Å²) >= 11 is 0. The number of rotatable bonds is 4. The van der Waals surface area contributed by atoms with Crippen LogP contribution in [0.25, 0.3) is 0 Å². The smallest absolute Gasteiger partial charge is 0.261 e. The molecule has 0 bridgehead atoms. The van der Waals surface area contributed by atoms with Crippen LogP contribution in [0.2, 0.25) is 0 Å². The van der Waals surface area contributed by atoms with Crippen LogP contribution in [0, 0.1) is 19.3 Å². The molecule has 2 aliphatic rings. The summed E-state index contributed by atoms with van der Waals surface area (Å²) in [5.41, 5.74) is 1.30. The number of methoxy groups -OCH3 is 1. The Balaban J connectivity index is 1.79. The van der Waals surface area contributed by atoms with Gasteiger partial charge >= 0.3 is 0 Å². The van der Waals surface area contributed by atoms with Crippen molar-refractivity contribution in [3.8, 4) is 0 Å². The number of carbonyl (C=O) groups excluding carboxylic acids is 2. The van der Waals surface area contributed by atoms with Crippen molar-refractivity contribution < 1.29 is 14.3 Å². The highest BCUT2D eigenvalue weighted by Crippen LogP contribution is 2.39. The van der Waals surface area contributed by atoms with Crippen molar-refractivity contribution in [2.24, 2.45) is 5.41 Å². The molecular formula is C20H29N3O4. The third-order valence-electron chi connectivity index (χ3n) is 5.84. The Labute approximate surface area is 159 Å². The summed E-state index contributed by atoms with van der Waals surface area (Å²) in [7, 11) is 1.63.